The lowest BCUT2D eigenvalue weighted by Crippen LogP contribution is -2.59. The monoisotopic (exact) mass is 824 g/mol. The first kappa shape index (κ1) is 49.7. The van der Waals surface area contributed by atoms with Crippen molar-refractivity contribution in [1.29, 1.82) is 0 Å². The summed E-state index contributed by atoms with van der Waals surface area (Å²) in [7, 11) is 2.74. The van der Waals surface area contributed by atoms with E-state index in [1.807, 2.05) is 34.6 Å². The van der Waals surface area contributed by atoms with Gasteiger partial charge in [0.25, 0.3) is 0 Å². The van der Waals surface area contributed by atoms with Crippen LogP contribution in [-0.2, 0) is 33.2 Å². The zero-order chi connectivity index (χ0) is 43.6. The third-order valence-electron chi connectivity index (χ3n) is 12.3. The maximum Gasteiger partial charge on any atom is 0.373 e. The van der Waals surface area contributed by atoms with Crippen molar-refractivity contribution in [2.24, 2.45) is 35.5 Å². The van der Waals surface area contributed by atoms with Crippen LogP contribution in [0, 0.1) is 35.5 Å². The van der Waals surface area contributed by atoms with Gasteiger partial charge in [-0.25, -0.2) is 4.79 Å². The Balaban J connectivity index is 2.02. The van der Waals surface area contributed by atoms with Crippen LogP contribution in [0.25, 0.3) is 0 Å². The van der Waals surface area contributed by atoms with Crippen molar-refractivity contribution in [3.63, 3.8) is 0 Å². The average Bonchev–Trinajstić information content (AvgIpc) is 3.17. The van der Waals surface area contributed by atoms with Crippen LogP contribution in [0.4, 0.5) is 0 Å². The summed E-state index contributed by atoms with van der Waals surface area (Å²) in [5.41, 5.74) is 0.595. The van der Waals surface area contributed by atoms with Crippen LogP contribution in [0.3, 0.4) is 0 Å². The molecule has 3 heterocycles. The maximum absolute atomic E-state index is 13.9. The van der Waals surface area contributed by atoms with E-state index in [-0.39, 0.29) is 36.7 Å². The second kappa shape index (κ2) is 22.3. The molecule has 3 aliphatic rings. The summed E-state index contributed by atoms with van der Waals surface area (Å²) in [5, 5.41) is 78.4. The quantitative estimate of drug-likeness (QED) is 0.120. The smallest absolute Gasteiger partial charge is 0.373 e. The first-order chi connectivity index (χ1) is 27.2. The van der Waals surface area contributed by atoms with E-state index in [2.05, 4.69) is 0 Å². The van der Waals surface area contributed by atoms with Crippen molar-refractivity contribution in [2.45, 2.75) is 161 Å². The molecule has 3 rings (SSSR count). The molecule has 0 saturated carbocycles. The first-order valence-corrected chi connectivity index (χ1v) is 20.7. The number of esters is 1. The molecule has 0 bridgehead atoms. The van der Waals surface area contributed by atoms with Crippen LogP contribution in [0.5, 0.6) is 0 Å². The molecule has 2 fully saturated rings. The Morgan fingerprint density at radius 3 is 2.31 bits per heavy atom. The van der Waals surface area contributed by atoms with Gasteiger partial charge in [-0.3, -0.25) is 0 Å². The van der Waals surface area contributed by atoms with Crippen LogP contribution in [-0.4, -0.2) is 129 Å². The Kier molecular flexibility index (Phi) is 19.1. The summed E-state index contributed by atoms with van der Waals surface area (Å²) in [6.45, 7) is 15.9. The number of ether oxygens (including phenoxy) is 6. The largest absolute Gasteiger partial charge is 0.512 e. The van der Waals surface area contributed by atoms with Gasteiger partial charge >= 0.3 is 5.97 Å². The van der Waals surface area contributed by atoms with Crippen molar-refractivity contribution in [3.05, 3.63) is 59.6 Å². The minimum Gasteiger partial charge on any atom is -0.512 e. The minimum absolute atomic E-state index is 0.0242. The van der Waals surface area contributed by atoms with E-state index in [4.69, 9.17) is 28.4 Å². The van der Waals surface area contributed by atoms with E-state index in [1.165, 1.54) is 32.4 Å². The van der Waals surface area contributed by atoms with Gasteiger partial charge in [0, 0.05) is 56.0 Å². The van der Waals surface area contributed by atoms with Gasteiger partial charge in [-0.2, -0.15) is 0 Å². The van der Waals surface area contributed by atoms with Gasteiger partial charge in [0.1, 0.15) is 18.3 Å². The van der Waals surface area contributed by atoms with Gasteiger partial charge < -0.3 is 64.2 Å². The zero-order valence-corrected chi connectivity index (χ0v) is 36.2. The van der Waals surface area contributed by atoms with Gasteiger partial charge in [-0.05, 0) is 45.3 Å². The summed E-state index contributed by atoms with van der Waals surface area (Å²) in [6.07, 6.45) is 1.69. The summed E-state index contributed by atoms with van der Waals surface area (Å²) in [4.78, 5) is 13.9. The van der Waals surface area contributed by atoms with E-state index in [0.717, 1.165) is 0 Å². The summed E-state index contributed by atoms with van der Waals surface area (Å²) < 4.78 is 35.9. The molecular weight excluding hydrogens is 752 g/mol. The standard InChI is InChI=1S/C44H72O14/c1-12-15-33-26(6)36(56-37-21-32(46)41(50)29(9)55-37)22-44(52,58-33)28(8)40(49)27(7)42-34(53-10)17-14-16-30(45)20-25(5)39(48)31(13-2)38(47)24(4)18-23(3)19-35(54-11)43(51)57-42/h12,14-19,24-29,31-34,36-42,45-50,52H,13,20-22H2,1-11H3/t24-,25-,26-,27+,28+,29?,31-,32?,33-,34+,36+,37?,38-,39+,40-,41?,42-,44-/m1/s1. The fraction of sp³-hybridized carbons (Fsp3) is 0.750. The molecule has 14 nitrogen and oxygen atoms in total. The van der Waals surface area contributed by atoms with E-state index in [9.17, 15) is 40.5 Å². The van der Waals surface area contributed by atoms with Gasteiger partial charge in [0.05, 0.1) is 55.6 Å². The van der Waals surface area contributed by atoms with Crippen LogP contribution in [0.15, 0.2) is 59.6 Å². The molecule has 0 aromatic carbocycles. The van der Waals surface area contributed by atoms with Crippen molar-refractivity contribution < 1.29 is 69.0 Å². The minimum atomic E-state index is -1.96. The summed E-state index contributed by atoms with van der Waals surface area (Å²) in [5.74, 6) is -6.47. The lowest BCUT2D eigenvalue weighted by Gasteiger charge is -2.49. The summed E-state index contributed by atoms with van der Waals surface area (Å²) in [6, 6.07) is 0. The van der Waals surface area contributed by atoms with Crippen LogP contribution < -0.4 is 0 Å². The molecule has 2 saturated heterocycles. The molecule has 0 aliphatic carbocycles. The third-order valence-corrected chi connectivity index (χ3v) is 12.3. The van der Waals surface area contributed by atoms with Crippen molar-refractivity contribution in [3.8, 4) is 0 Å². The van der Waals surface area contributed by atoms with Crippen LogP contribution >= 0.6 is 0 Å². The van der Waals surface area contributed by atoms with Gasteiger partial charge in [0.15, 0.2) is 12.1 Å². The highest BCUT2D eigenvalue weighted by molar-refractivity contribution is 5.87. The van der Waals surface area contributed by atoms with Gasteiger partial charge in [0.2, 0.25) is 5.76 Å². The van der Waals surface area contributed by atoms with Crippen molar-refractivity contribution in [1.82, 2.24) is 0 Å². The van der Waals surface area contributed by atoms with Crippen molar-refractivity contribution in [2.75, 3.05) is 14.2 Å². The van der Waals surface area contributed by atoms with E-state index in [0.29, 0.717) is 12.0 Å². The number of aliphatic hydroxyl groups is 7. The number of cyclic esters (lactones) is 1. The predicted molar refractivity (Wildman–Crippen MR) is 217 cm³/mol. The van der Waals surface area contributed by atoms with E-state index < -0.39 is 109 Å². The van der Waals surface area contributed by atoms with Gasteiger partial charge in [-0.15, -0.1) is 0 Å². The SMILES string of the molecule is CC=C[C@H]1O[C@@](O)([C@@H](C)[C@H](O)[C@H](C)[C@H]2OC(=O)C(OC)=CC(C)=C[C@@H](C)[C@@H](O)[C@@H](CC)[C@@H](O)[C@H](C)CC(O)=CC=C[C@@H]2OC)C[C@H](OC2CC(O)C(O)C(C)O2)[C@@H]1C. The number of allylic oxidation sites excluding steroid dienone is 6. The number of aliphatic hydroxyl groups excluding tert-OH is 6. The molecule has 0 amide bonds. The third kappa shape index (κ3) is 12.5. The second-order valence-corrected chi connectivity index (χ2v) is 16.7. The maximum atomic E-state index is 13.9. The number of rotatable bonds is 10. The Morgan fingerprint density at radius 1 is 1.05 bits per heavy atom. The first-order valence-electron chi connectivity index (χ1n) is 20.7. The molecule has 18 atom stereocenters. The van der Waals surface area contributed by atoms with Crippen LogP contribution in [0.2, 0.25) is 0 Å². The second-order valence-electron chi connectivity index (χ2n) is 16.7. The number of methoxy groups -OCH3 is 2. The number of carbonyl (C=O) groups excluding carboxylic acids is 1. The number of hydrogen-bond donors (Lipinski definition) is 7. The molecule has 3 aliphatic heterocycles. The molecule has 4 unspecified atom stereocenters. The highest BCUT2D eigenvalue weighted by Gasteiger charge is 2.52. The Bertz CT molecular complexity index is 1450. The lowest BCUT2D eigenvalue weighted by molar-refractivity contribution is -0.339. The molecule has 14 heteroatoms. The average molecular weight is 825 g/mol. The molecular formula is C44H72O14. The van der Waals surface area contributed by atoms with E-state index in [1.54, 1.807) is 52.0 Å². The van der Waals surface area contributed by atoms with E-state index >= 15 is 0 Å². The van der Waals surface area contributed by atoms with Crippen LogP contribution in [0.1, 0.15) is 88.0 Å². The molecule has 332 valence electrons. The number of carbonyl (C=O) groups is 1. The molecule has 58 heavy (non-hydrogen) atoms. The lowest BCUT2D eigenvalue weighted by atomic mass is 9.77. The molecule has 0 radical (unpaired) electrons. The highest BCUT2D eigenvalue weighted by Crippen LogP contribution is 2.42. The normalized spacial score (nSPS) is 40.6. The van der Waals surface area contributed by atoms with Gasteiger partial charge in [-0.1, -0.05) is 77.5 Å². The fourth-order valence-corrected chi connectivity index (χ4v) is 8.41. The number of hydrogen-bond acceptors (Lipinski definition) is 14. The topological polar surface area (TPSA) is 214 Å². The Morgan fingerprint density at radius 2 is 1.72 bits per heavy atom. The summed E-state index contributed by atoms with van der Waals surface area (Å²) >= 11 is 0. The Hall–Kier alpha value is -2.63. The zero-order valence-electron chi connectivity index (χ0n) is 36.2. The Labute approximate surface area is 344 Å². The predicted octanol–water partition coefficient (Wildman–Crippen LogP) is 4.38. The molecule has 0 aromatic heterocycles. The molecule has 0 aromatic rings. The molecule has 7 N–H and O–H groups in total. The molecule has 0 spiro atoms. The highest BCUT2D eigenvalue weighted by atomic mass is 16.7. The fourth-order valence-electron chi connectivity index (χ4n) is 8.41. The van der Waals surface area contributed by atoms with Crippen molar-refractivity contribution >= 4 is 5.97 Å².